The van der Waals surface area contributed by atoms with Gasteiger partial charge in [-0.05, 0) is 37.0 Å². The molecule has 1 heterocycles. The second-order valence-electron chi connectivity index (χ2n) is 4.68. The summed E-state index contributed by atoms with van der Waals surface area (Å²) in [4.78, 5) is 11.2. The van der Waals surface area contributed by atoms with Crippen molar-refractivity contribution in [3.8, 4) is 0 Å². The standard InChI is InChI=1S/C13H18N2O4S/c1-2-8-14-20(18,19)15-9-4-6-10-11(13(16)17)5-3-7-12(10)15/h3,5,7,14H,2,4,6,8-9H2,1H3,(H,16,17). The number of benzene rings is 1. The molecule has 1 aliphatic heterocycles. The number of rotatable bonds is 5. The van der Waals surface area contributed by atoms with Crippen LogP contribution in [0.15, 0.2) is 18.2 Å². The molecule has 0 amide bonds. The number of carboxylic acid groups (broad SMARTS) is 1. The van der Waals surface area contributed by atoms with E-state index in [1.165, 1.54) is 10.4 Å². The largest absolute Gasteiger partial charge is 0.478 e. The van der Waals surface area contributed by atoms with Crippen LogP contribution >= 0.6 is 0 Å². The van der Waals surface area contributed by atoms with Crippen LogP contribution in [0.3, 0.4) is 0 Å². The van der Waals surface area contributed by atoms with Crippen molar-refractivity contribution < 1.29 is 18.3 Å². The van der Waals surface area contributed by atoms with E-state index in [4.69, 9.17) is 0 Å². The van der Waals surface area contributed by atoms with Gasteiger partial charge in [-0.2, -0.15) is 13.1 Å². The maximum Gasteiger partial charge on any atom is 0.336 e. The second-order valence-corrected chi connectivity index (χ2v) is 6.36. The number of hydrogen-bond acceptors (Lipinski definition) is 3. The van der Waals surface area contributed by atoms with Crippen molar-refractivity contribution >= 4 is 21.9 Å². The van der Waals surface area contributed by atoms with Gasteiger partial charge in [0.25, 0.3) is 0 Å². The summed E-state index contributed by atoms with van der Waals surface area (Å²) < 4.78 is 28.3. The molecular weight excluding hydrogens is 280 g/mol. The minimum absolute atomic E-state index is 0.179. The molecule has 2 N–H and O–H groups in total. The van der Waals surface area contributed by atoms with Crippen LogP contribution in [-0.4, -0.2) is 32.6 Å². The molecule has 0 unspecified atom stereocenters. The Hall–Kier alpha value is -1.60. The average Bonchev–Trinajstić information content (AvgIpc) is 2.43. The number of nitrogens with one attached hydrogen (secondary N) is 1. The highest BCUT2D eigenvalue weighted by molar-refractivity contribution is 7.90. The van der Waals surface area contributed by atoms with Crippen molar-refractivity contribution in [2.45, 2.75) is 26.2 Å². The van der Waals surface area contributed by atoms with Gasteiger partial charge >= 0.3 is 16.2 Å². The summed E-state index contributed by atoms with van der Waals surface area (Å²) >= 11 is 0. The molecule has 0 bridgehead atoms. The van der Waals surface area contributed by atoms with Gasteiger partial charge < -0.3 is 5.11 Å². The first-order valence-electron chi connectivity index (χ1n) is 6.60. The highest BCUT2D eigenvalue weighted by Crippen LogP contribution is 2.31. The highest BCUT2D eigenvalue weighted by atomic mass is 32.2. The van der Waals surface area contributed by atoms with Crippen molar-refractivity contribution in [3.05, 3.63) is 29.3 Å². The van der Waals surface area contributed by atoms with E-state index in [2.05, 4.69) is 4.72 Å². The smallest absolute Gasteiger partial charge is 0.336 e. The van der Waals surface area contributed by atoms with Crippen molar-refractivity contribution in [2.75, 3.05) is 17.4 Å². The molecule has 0 aliphatic carbocycles. The lowest BCUT2D eigenvalue weighted by Crippen LogP contribution is -2.44. The Labute approximate surface area is 118 Å². The Morgan fingerprint density at radius 1 is 1.45 bits per heavy atom. The molecule has 0 aromatic heterocycles. The van der Waals surface area contributed by atoms with Gasteiger partial charge in [0, 0.05) is 13.1 Å². The number of carbonyl (C=O) groups is 1. The summed E-state index contributed by atoms with van der Waals surface area (Å²) in [5.41, 5.74) is 1.24. The lowest BCUT2D eigenvalue weighted by molar-refractivity contribution is 0.0695. The van der Waals surface area contributed by atoms with Crippen LogP contribution in [0.5, 0.6) is 0 Å². The number of nitrogens with zero attached hydrogens (tertiary/aromatic N) is 1. The lowest BCUT2D eigenvalue weighted by Gasteiger charge is -2.31. The molecule has 0 spiro atoms. The maximum absolute atomic E-state index is 12.3. The summed E-state index contributed by atoms with van der Waals surface area (Å²) in [6, 6.07) is 4.75. The molecule has 1 aromatic carbocycles. The summed E-state index contributed by atoms with van der Waals surface area (Å²) in [6.07, 6.45) is 1.90. The van der Waals surface area contributed by atoms with Gasteiger partial charge in [0.15, 0.2) is 0 Å². The Balaban J connectivity index is 2.43. The van der Waals surface area contributed by atoms with E-state index in [1.807, 2.05) is 6.92 Å². The van der Waals surface area contributed by atoms with Gasteiger partial charge in [-0.25, -0.2) is 4.79 Å². The normalized spacial score (nSPS) is 14.9. The monoisotopic (exact) mass is 298 g/mol. The zero-order chi connectivity index (χ0) is 14.8. The van der Waals surface area contributed by atoms with Gasteiger partial charge in [-0.1, -0.05) is 13.0 Å². The lowest BCUT2D eigenvalue weighted by atomic mass is 9.98. The number of aromatic carboxylic acids is 1. The summed E-state index contributed by atoms with van der Waals surface area (Å²) in [6.45, 7) is 2.62. The first kappa shape index (κ1) is 14.8. The molecule has 6 nitrogen and oxygen atoms in total. The topological polar surface area (TPSA) is 86.7 Å². The minimum atomic E-state index is -3.61. The molecule has 1 aromatic rings. The number of carboxylic acids is 1. The van der Waals surface area contributed by atoms with E-state index in [9.17, 15) is 18.3 Å². The van der Waals surface area contributed by atoms with Crippen molar-refractivity contribution in [3.63, 3.8) is 0 Å². The van der Waals surface area contributed by atoms with Crippen LogP contribution in [0.25, 0.3) is 0 Å². The van der Waals surface area contributed by atoms with E-state index in [0.29, 0.717) is 43.6 Å². The van der Waals surface area contributed by atoms with Gasteiger partial charge in [0.05, 0.1) is 11.3 Å². The molecule has 0 saturated carbocycles. The Bertz CT molecular complexity index is 613. The van der Waals surface area contributed by atoms with Crippen LogP contribution in [-0.2, 0) is 16.6 Å². The van der Waals surface area contributed by atoms with Gasteiger partial charge in [0.1, 0.15) is 0 Å². The van der Waals surface area contributed by atoms with Crippen LogP contribution in [0.2, 0.25) is 0 Å². The SMILES string of the molecule is CCCNS(=O)(=O)N1CCCc2c(C(=O)O)cccc21. The molecule has 2 rings (SSSR count). The zero-order valence-corrected chi connectivity index (χ0v) is 12.1. The zero-order valence-electron chi connectivity index (χ0n) is 11.3. The summed E-state index contributed by atoms with van der Waals surface area (Å²) in [5, 5.41) is 9.19. The Morgan fingerprint density at radius 2 is 2.20 bits per heavy atom. The molecule has 20 heavy (non-hydrogen) atoms. The van der Waals surface area contributed by atoms with Crippen LogP contribution < -0.4 is 9.03 Å². The first-order chi connectivity index (χ1) is 9.47. The molecule has 0 atom stereocenters. The van der Waals surface area contributed by atoms with Gasteiger partial charge in [-0.15, -0.1) is 0 Å². The van der Waals surface area contributed by atoms with E-state index in [-0.39, 0.29) is 5.56 Å². The maximum atomic E-state index is 12.3. The fraction of sp³-hybridized carbons (Fsp3) is 0.462. The van der Waals surface area contributed by atoms with Crippen LogP contribution in [0.4, 0.5) is 5.69 Å². The first-order valence-corrected chi connectivity index (χ1v) is 8.04. The van der Waals surface area contributed by atoms with E-state index in [1.54, 1.807) is 12.1 Å². The number of anilines is 1. The van der Waals surface area contributed by atoms with E-state index < -0.39 is 16.2 Å². The average molecular weight is 298 g/mol. The molecule has 0 saturated heterocycles. The third-order valence-corrected chi connectivity index (χ3v) is 4.79. The van der Waals surface area contributed by atoms with Gasteiger partial charge in [0.2, 0.25) is 0 Å². The van der Waals surface area contributed by atoms with Gasteiger partial charge in [-0.3, -0.25) is 4.31 Å². The molecule has 1 aliphatic rings. The Morgan fingerprint density at radius 3 is 2.85 bits per heavy atom. The summed E-state index contributed by atoms with van der Waals surface area (Å²) in [5.74, 6) is -1.03. The molecule has 0 radical (unpaired) electrons. The molecule has 110 valence electrons. The molecule has 7 heteroatoms. The third kappa shape index (κ3) is 2.78. The summed E-state index contributed by atoms with van der Waals surface area (Å²) in [7, 11) is -3.61. The van der Waals surface area contributed by atoms with Crippen molar-refractivity contribution in [1.29, 1.82) is 0 Å². The second kappa shape index (κ2) is 5.80. The number of fused-ring (bicyclic) bond motifs is 1. The van der Waals surface area contributed by atoms with E-state index in [0.717, 1.165) is 0 Å². The third-order valence-electron chi connectivity index (χ3n) is 3.26. The van der Waals surface area contributed by atoms with Crippen molar-refractivity contribution in [2.24, 2.45) is 0 Å². The minimum Gasteiger partial charge on any atom is -0.478 e. The number of hydrogen-bond donors (Lipinski definition) is 2. The predicted molar refractivity (Wildman–Crippen MR) is 76.3 cm³/mol. The quantitative estimate of drug-likeness (QED) is 0.860. The molecular formula is C13H18N2O4S. The highest BCUT2D eigenvalue weighted by Gasteiger charge is 2.29. The predicted octanol–water partition coefficient (Wildman–Crippen LogP) is 1.38. The fourth-order valence-electron chi connectivity index (χ4n) is 2.35. The van der Waals surface area contributed by atoms with E-state index >= 15 is 0 Å². The Kier molecular flexibility index (Phi) is 4.29. The molecule has 0 fully saturated rings. The fourth-order valence-corrected chi connectivity index (χ4v) is 3.77. The van der Waals surface area contributed by atoms with Crippen LogP contribution in [0, 0.1) is 0 Å². The van der Waals surface area contributed by atoms with Crippen molar-refractivity contribution in [1.82, 2.24) is 4.72 Å². The van der Waals surface area contributed by atoms with Crippen LogP contribution in [0.1, 0.15) is 35.7 Å².